The lowest BCUT2D eigenvalue weighted by Gasteiger charge is -2.19. The molecule has 1 aliphatic rings. The van der Waals surface area contributed by atoms with Gasteiger partial charge in [-0.05, 0) is 76.0 Å². The van der Waals surface area contributed by atoms with E-state index in [0.717, 1.165) is 19.0 Å². The Morgan fingerprint density at radius 3 is 2.95 bits per heavy atom. The zero-order chi connectivity index (χ0) is 13.7. The fourth-order valence-corrected chi connectivity index (χ4v) is 3.12. The van der Waals surface area contributed by atoms with Gasteiger partial charge in [0, 0.05) is 17.1 Å². The van der Waals surface area contributed by atoms with E-state index in [1.54, 1.807) is 0 Å². The number of rotatable bonds is 6. The Morgan fingerprint density at radius 2 is 2.21 bits per heavy atom. The molecule has 1 fully saturated rings. The zero-order valence-electron chi connectivity index (χ0n) is 12.1. The van der Waals surface area contributed by atoms with E-state index in [1.165, 1.54) is 48.0 Å². The van der Waals surface area contributed by atoms with Crippen molar-refractivity contribution in [3.8, 4) is 0 Å². The second kappa shape index (κ2) is 7.41. The third kappa shape index (κ3) is 4.90. The molecule has 1 aromatic rings. The smallest absolute Gasteiger partial charge is 0.0178 e. The molecule has 106 valence electrons. The molecular formula is C16H25BrN2. The van der Waals surface area contributed by atoms with Gasteiger partial charge in [0.15, 0.2) is 0 Å². The third-order valence-electron chi connectivity index (χ3n) is 4.10. The van der Waals surface area contributed by atoms with Crippen molar-refractivity contribution in [2.45, 2.75) is 38.6 Å². The SMILES string of the molecule is Cc1ccc(Br)cc1CCN(C)CCC1CCCN1. The highest BCUT2D eigenvalue weighted by Crippen LogP contribution is 2.17. The van der Waals surface area contributed by atoms with Crippen molar-refractivity contribution < 1.29 is 0 Å². The summed E-state index contributed by atoms with van der Waals surface area (Å²) in [5.74, 6) is 0. The summed E-state index contributed by atoms with van der Waals surface area (Å²) in [6.45, 7) is 5.75. The molecule has 1 saturated heterocycles. The molecule has 1 N–H and O–H groups in total. The van der Waals surface area contributed by atoms with E-state index in [9.17, 15) is 0 Å². The molecule has 3 heteroatoms. The minimum atomic E-state index is 0.759. The number of hydrogen-bond acceptors (Lipinski definition) is 2. The van der Waals surface area contributed by atoms with Gasteiger partial charge in [-0.3, -0.25) is 0 Å². The number of aryl methyl sites for hydroxylation is 1. The average molecular weight is 325 g/mol. The maximum absolute atomic E-state index is 3.57. The number of nitrogens with one attached hydrogen (secondary N) is 1. The van der Waals surface area contributed by atoms with Crippen LogP contribution in [0.3, 0.4) is 0 Å². The van der Waals surface area contributed by atoms with Crippen LogP contribution in [0.2, 0.25) is 0 Å². The van der Waals surface area contributed by atoms with Crippen molar-refractivity contribution in [2.24, 2.45) is 0 Å². The van der Waals surface area contributed by atoms with Crippen LogP contribution >= 0.6 is 15.9 Å². The maximum atomic E-state index is 3.57. The van der Waals surface area contributed by atoms with Crippen molar-refractivity contribution in [3.63, 3.8) is 0 Å². The summed E-state index contributed by atoms with van der Waals surface area (Å²) in [6.07, 6.45) is 5.14. The number of hydrogen-bond donors (Lipinski definition) is 1. The van der Waals surface area contributed by atoms with Gasteiger partial charge < -0.3 is 10.2 Å². The van der Waals surface area contributed by atoms with Gasteiger partial charge in [0.05, 0.1) is 0 Å². The van der Waals surface area contributed by atoms with Crippen LogP contribution in [0.5, 0.6) is 0 Å². The third-order valence-corrected chi connectivity index (χ3v) is 4.59. The first-order valence-electron chi connectivity index (χ1n) is 7.32. The molecule has 19 heavy (non-hydrogen) atoms. The topological polar surface area (TPSA) is 15.3 Å². The van der Waals surface area contributed by atoms with Crippen LogP contribution in [-0.4, -0.2) is 37.6 Å². The van der Waals surface area contributed by atoms with Gasteiger partial charge in [-0.2, -0.15) is 0 Å². The highest BCUT2D eigenvalue weighted by Gasteiger charge is 2.14. The predicted octanol–water partition coefficient (Wildman–Crippen LogP) is 3.37. The molecule has 0 aliphatic carbocycles. The molecule has 1 aliphatic heterocycles. The molecule has 1 unspecified atom stereocenters. The maximum Gasteiger partial charge on any atom is 0.0178 e. The Hall–Kier alpha value is -0.380. The van der Waals surface area contributed by atoms with Crippen LogP contribution in [0.15, 0.2) is 22.7 Å². The van der Waals surface area contributed by atoms with E-state index < -0.39 is 0 Å². The van der Waals surface area contributed by atoms with E-state index in [0.29, 0.717) is 0 Å². The number of nitrogens with zero attached hydrogens (tertiary/aromatic N) is 1. The molecule has 0 amide bonds. The largest absolute Gasteiger partial charge is 0.314 e. The summed E-state index contributed by atoms with van der Waals surface area (Å²) < 4.78 is 1.19. The lowest BCUT2D eigenvalue weighted by atomic mass is 10.1. The fraction of sp³-hybridized carbons (Fsp3) is 0.625. The number of halogens is 1. The molecule has 1 atom stereocenters. The van der Waals surface area contributed by atoms with E-state index in [-0.39, 0.29) is 0 Å². The lowest BCUT2D eigenvalue weighted by molar-refractivity contribution is 0.316. The van der Waals surface area contributed by atoms with E-state index in [2.05, 4.69) is 58.3 Å². The Kier molecular flexibility index (Phi) is 5.86. The number of benzene rings is 1. The molecule has 2 rings (SSSR count). The van der Waals surface area contributed by atoms with Gasteiger partial charge in [-0.15, -0.1) is 0 Å². The predicted molar refractivity (Wildman–Crippen MR) is 85.7 cm³/mol. The Morgan fingerprint density at radius 1 is 1.37 bits per heavy atom. The molecule has 0 radical (unpaired) electrons. The van der Waals surface area contributed by atoms with Gasteiger partial charge in [0.2, 0.25) is 0 Å². The van der Waals surface area contributed by atoms with Gasteiger partial charge in [-0.25, -0.2) is 0 Å². The summed E-state index contributed by atoms with van der Waals surface area (Å²) >= 11 is 3.56. The first-order chi connectivity index (χ1) is 9.15. The van der Waals surface area contributed by atoms with Crippen LogP contribution in [-0.2, 0) is 6.42 Å². The lowest BCUT2D eigenvalue weighted by Crippen LogP contribution is -2.29. The summed E-state index contributed by atoms with van der Waals surface area (Å²) in [6, 6.07) is 7.33. The Labute approximate surface area is 125 Å². The quantitative estimate of drug-likeness (QED) is 0.863. The standard InChI is InChI=1S/C16H25BrN2/c1-13-5-6-15(17)12-14(13)7-10-19(2)11-8-16-4-3-9-18-16/h5-6,12,16,18H,3-4,7-11H2,1-2H3. The minimum Gasteiger partial charge on any atom is -0.314 e. The van der Waals surface area contributed by atoms with E-state index in [4.69, 9.17) is 0 Å². The van der Waals surface area contributed by atoms with Crippen molar-refractivity contribution >= 4 is 15.9 Å². The van der Waals surface area contributed by atoms with Gasteiger partial charge in [-0.1, -0.05) is 22.0 Å². The second-order valence-electron chi connectivity index (χ2n) is 5.71. The van der Waals surface area contributed by atoms with Crippen LogP contribution in [0, 0.1) is 6.92 Å². The van der Waals surface area contributed by atoms with Crippen molar-refractivity contribution in [1.82, 2.24) is 10.2 Å². The molecule has 0 spiro atoms. The Balaban J connectivity index is 1.73. The highest BCUT2D eigenvalue weighted by molar-refractivity contribution is 9.10. The van der Waals surface area contributed by atoms with E-state index >= 15 is 0 Å². The monoisotopic (exact) mass is 324 g/mol. The van der Waals surface area contributed by atoms with Crippen molar-refractivity contribution in [1.29, 1.82) is 0 Å². The molecular weight excluding hydrogens is 300 g/mol. The van der Waals surface area contributed by atoms with Crippen LogP contribution in [0.4, 0.5) is 0 Å². The molecule has 0 bridgehead atoms. The molecule has 0 aromatic heterocycles. The van der Waals surface area contributed by atoms with Gasteiger partial charge >= 0.3 is 0 Å². The van der Waals surface area contributed by atoms with Crippen molar-refractivity contribution in [2.75, 3.05) is 26.7 Å². The van der Waals surface area contributed by atoms with Gasteiger partial charge in [0.25, 0.3) is 0 Å². The normalized spacial score (nSPS) is 19.3. The average Bonchev–Trinajstić information content (AvgIpc) is 2.90. The van der Waals surface area contributed by atoms with Crippen LogP contribution < -0.4 is 5.32 Å². The summed E-state index contributed by atoms with van der Waals surface area (Å²) in [5.41, 5.74) is 2.86. The van der Waals surface area contributed by atoms with Gasteiger partial charge in [0.1, 0.15) is 0 Å². The second-order valence-corrected chi connectivity index (χ2v) is 6.62. The molecule has 1 heterocycles. The first-order valence-corrected chi connectivity index (χ1v) is 8.11. The number of likely N-dealkylation sites (N-methyl/N-ethyl adjacent to an activating group) is 1. The summed E-state index contributed by atoms with van der Waals surface area (Å²) in [7, 11) is 2.24. The summed E-state index contributed by atoms with van der Waals surface area (Å²) in [5, 5.41) is 3.57. The Bertz CT molecular complexity index is 400. The fourth-order valence-electron chi connectivity index (χ4n) is 2.71. The molecule has 0 saturated carbocycles. The zero-order valence-corrected chi connectivity index (χ0v) is 13.7. The molecule has 1 aromatic carbocycles. The minimum absolute atomic E-state index is 0.759. The summed E-state index contributed by atoms with van der Waals surface area (Å²) in [4.78, 5) is 2.46. The molecule has 2 nitrogen and oxygen atoms in total. The first kappa shape index (κ1) is 15.0. The van der Waals surface area contributed by atoms with Crippen LogP contribution in [0.25, 0.3) is 0 Å². The highest BCUT2D eigenvalue weighted by atomic mass is 79.9. The van der Waals surface area contributed by atoms with Crippen LogP contribution in [0.1, 0.15) is 30.4 Å². The van der Waals surface area contributed by atoms with E-state index in [1.807, 2.05) is 0 Å². The van der Waals surface area contributed by atoms with Crippen molar-refractivity contribution in [3.05, 3.63) is 33.8 Å².